The van der Waals surface area contributed by atoms with Crippen LogP contribution in [0.25, 0.3) is 0 Å². The molecule has 1 aromatic heterocycles. The Hall–Kier alpha value is -2.36. The minimum Gasteiger partial charge on any atom is -0.457 e. The van der Waals surface area contributed by atoms with Crippen LogP contribution in [0.1, 0.15) is 5.56 Å². The van der Waals surface area contributed by atoms with Gasteiger partial charge in [-0.3, -0.25) is 9.78 Å². The van der Waals surface area contributed by atoms with E-state index in [-0.39, 0.29) is 12.3 Å². The Morgan fingerprint density at radius 3 is 2.65 bits per heavy atom. The second kappa shape index (κ2) is 5.12. The highest BCUT2D eigenvalue weighted by molar-refractivity contribution is 5.76. The molecule has 0 aliphatic rings. The topological polar surface area (TPSA) is 65.2 Å². The van der Waals surface area contributed by atoms with Crippen molar-refractivity contribution in [1.29, 1.82) is 0 Å². The highest BCUT2D eigenvalue weighted by Gasteiger charge is 2.01. The molecular weight excluding hydrogens is 216 g/mol. The van der Waals surface area contributed by atoms with Crippen LogP contribution in [-0.2, 0) is 11.2 Å². The number of hydrogen-bond acceptors (Lipinski definition) is 3. The summed E-state index contributed by atoms with van der Waals surface area (Å²) in [4.78, 5) is 14.7. The number of benzene rings is 1. The molecule has 4 nitrogen and oxygen atoms in total. The lowest BCUT2D eigenvalue weighted by Crippen LogP contribution is -2.13. The molecule has 1 aromatic carbocycles. The van der Waals surface area contributed by atoms with Crippen molar-refractivity contribution < 1.29 is 9.53 Å². The number of amides is 1. The molecule has 0 radical (unpaired) electrons. The van der Waals surface area contributed by atoms with Gasteiger partial charge in [0.2, 0.25) is 5.91 Å². The summed E-state index contributed by atoms with van der Waals surface area (Å²) in [6.45, 7) is 0. The van der Waals surface area contributed by atoms with Crippen molar-refractivity contribution in [3.05, 3.63) is 54.4 Å². The Labute approximate surface area is 99.1 Å². The minimum absolute atomic E-state index is 0.216. The summed E-state index contributed by atoms with van der Waals surface area (Å²) in [5.74, 6) is 1.03. The molecule has 0 fully saturated rings. The fourth-order valence-electron chi connectivity index (χ4n) is 1.46. The summed E-state index contributed by atoms with van der Waals surface area (Å²) >= 11 is 0. The van der Waals surface area contributed by atoms with E-state index in [1.165, 1.54) is 0 Å². The molecule has 1 amide bonds. The molecule has 2 aromatic rings. The number of rotatable bonds is 4. The van der Waals surface area contributed by atoms with Crippen molar-refractivity contribution in [2.24, 2.45) is 5.73 Å². The molecule has 2 N–H and O–H groups in total. The van der Waals surface area contributed by atoms with Gasteiger partial charge >= 0.3 is 0 Å². The van der Waals surface area contributed by atoms with Crippen molar-refractivity contribution in [2.45, 2.75) is 6.42 Å². The van der Waals surface area contributed by atoms with Gasteiger partial charge in [-0.15, -0.1) is 0 Å². The van der Waals surface area contributed by atoms with Crippen molar-refractivity contribution in [3.63, 3.8) is 0 Å². The molecule has 0 atom stereocenters. The summed E-state index contributed by atoms with van der Waals surface area (Å²) in [5.41, 5.74) is 5.98. The molecule has 0 saturated heterocycles. The third kappa shape index (κ3) is 3.31. The first-order chi connectivity index (χ1) is 8.24. The van der Waals surface area contributed by atoms with E-state index in [9.17, 15) is 4.79 Å². The van der Waals surface area contributed by atoms with E-state index in [1.807, 2.05) is 18.2 Å². The number of pyridine rings is 1. The van der Waals surface area contributed by atoms with E-state index >= 15 is 0 Å². The van der Waals surface area contributed by atoms with Crippen LogP contribution < -0.4 is 10.5 Å². The van der Waals surface area contributed by atoms with Crippen LogP contribution >= 0.6 is 0 Å². The number of nitrogens with two attached hydrogens (primary N) is 1. The van der Waals surface area contributed by atoms with Crippen LogP contribution in [0.3, 0.4) is 0 Å². The molecule has 0 unspecified atom stereocenters. The van der Waals surface area contributed by atoms with E-state index in [2.05, 4.69) is 4.98 Å². The summed E-state index contributed by atoms with van der Waals surface area (Å²) in [5, 5.41) is 0. The lowest BCUT2D eigenvalue weighted by Gasteiger charge is -2.06. The first-order valence-corrected chi connectivity index (χ1v) is 5.19. The number of nitrogens with zero attached hydrogens (tertiary/aromatic N) is 1. The van der Waals surface area contributed by atoms with Gasteiger partial charge in [0.05, 0.1) is 6.42 Å². The first-order valence-electron chi connectivity index (χ1n) is 5.19. The quantitative estimate of drug-likeness (QED) is 0.869. The zero-order chi connectivity index (χ0) is 12.1. The lowest BCUT2D eigenvalue weighted by atomic mass is 10.1. The summed E-state index contributed by atoms with van der Waals surface area (Å²) in [6, 6.07) is 10.8. The van der Waals surface area contributed by atoms with E-state index in [0.29, 0.717) is 11.5 Å². The Bertz CT molecular complexity index is 512. The number of carbonyl (C=O) groups excluding carboxylic acids is 1. The largest absolute Gasteiger partial charge is 0.457 e. The lowest BCUT2D eigenvalue weighted by molar-refractivity contribution is -0.117. The molecule has 2 rings (SSSR count). The Kier molecular flexibility index (Phi) is 3.35. The highest BCUT2D eigenvalue weighted by atomic mass is 16.5. The van der Waals surface area contributed by atoms with Gasteiger partial charge in [0.1, 0.15) is 11.5 Å². The number of ether oxygens (including phenoxy) is 1. The van der Waals surface area contributed by atoms with E-state index in [0.717, 1.165) is 5.56 Å². The number of primary amides is 1. The van der Waals surface area contributed by atoms with Gasteiger partial charge in [-0.1, -0.05) is 12.1 Å². The Morgan fingerprint density at radius 1 is 1.18 bits per heavy atom. The molecule has 0 bridgehead atoms. The molecule has 0 spiro atoms. The minimum atomic E-state index is -0.355. The fourth-order valence-corrected chi connectivity index (χ4v) is 1.46. The molecule has 17 heavy (non-hydrogen) atoms. The fraction of sp³-hybridized carbons (Fsp3) is 0.0769. The smallest absolute Gasteiger partial charge is 0.221 e. The van der Waals surface area contributed by atoms with Crippen molar-refractivity contribution in [1.82, 2.24) is 4.98 Å². The van der Waals surface area contributed by atoms with Gasteiger partial charge in [0.15, 0.2) is 0 Å². The van der Waals surface area contributed by atoms with Crippen molar-refractivity contribution in [3.8, 4) is 11.5 Å². The van der Waals surface area contributed by atoms with E-state index < -0.39 is 0 Å². The molecule has 0 aliphatic heterocycles. The molecule has 86 valence electrons. The predicted octanol–water partition coefficient (Wildman–Crippen LogP) is 1.90. The number of carbonyl (C=O) groups is 1. The maximum absolute atomic E-state index is 10.8. The number of hydrogen-bond donors (Lipinski definition) is 1. The first kappa shape index (κ1) is 11.1. The van der Waals surface area contributed by atoms with Crippen LogP contribution in [0.4, 0.5) is 0 Å². The maximum atomic E-state index is 10.8. The van der Waals surface area contributed by atoms with Gasteiger partial charge < -0.3 is 10.5 Å². The Balaban J connectivity index is 2.14. The molecule has 1 heterocycles. The second-order valence-electron chi connectivity index (χ2n) is 3.58. The van der Waals surface area contributed by atoms with Gasteiger partial charge in [-0.2, -0.15) is 0 Å². The SMILES string of the molecule is NC(=O)Cc1cccc(Oc2ccncc2)c1. The van der Waals surface area contributed by atoms with Gasteiger partial charge in [-0.25, -0.2) is 0 Å². The summed E-state index contributed by atoms with van der Waals surface area (Å²) < 4.78 is 5.61. The summed E-state index contributed by atoms with van der Waals surface area (Å²) in [7, 11) is 0. The van der Waals surface area contributed by atoms with E-state index in [1.54, 1.807) is 30.6 Å². The molecule has 0 saturated carbocycles. The standard InChI is InChI=1S/C13H12N2O2/c14-13(16)9-10-2-1-3-12(8-10)17-11-4-6-15-7-5-11/h1-8H,9H2,(H2,14,16). The van der Waals surface area contributed by atoms with Gasteiger partial charge in [0.25, 0.3) is 0 Å². The second-order valence-corrected chi connectivity index (χ2v) is 3.58. The third-order valence-corrected chi connectivity index (χ3v) is 2.16. The highest BCUT2D eigenvalue weighted by Crippen LogP contribution is 2.21. The van der Waals surface area contributed by atoms with Crippen LogP contribution in [-0.4, -0.2) is 10.9 Å². The number of aromatic nitrogens is 1. The van der Waals surface area contributed by atoms with Crippen LogP contribution in [0, 0.1) is 0 Å². The average Bonchev–Trinajstić information content (AvgIpc) is 2.30. The normalized spacial score (nSPS) is 9.88. The monoisotopic (exact) mass is 228 g/mol. The Morgan fingerprint density at radius 2 is 1.94 bits per heavy atom. The summed E-state index contributed by atoms with van der Waals surface area (Å²) in [6.07, 6.45) is 3.53. The van der Waals surface area contributed by atoms with Crippen molar-refractivity contribution >= 4 is 5.91 Å². The molecule has 0 aliphatic carbocycles. The third-order valence-electron chi connectivity index (χ3n) is 2.16. The van der Waals surface area contributed by atoms with Crippen LogP contribution in [0.2, 0.25) is 0 Å². The maximum Gasteiger partial charge on any atom is 0.221 e. The van der Waals surface area contributed by atoms with Crippen molar-refractivity contribution in [2.75, 3.05) is 0 Å². The van der Waals surface area contributed by atoms with Crippen LogP contribution in [0.5, 0.6) is 11.5 Å². The zero-order valence-electron chi connectivity index (χ0n) is 9.17. The zero-order valence-corrected chi connectivity index (χ0v) is 9.17. The predicted molar refractivity (Wildman–Crippen MR) is 63.7 cm³/mol. The average molecular weight is 228 g/mol. The van der Waals surface area contributed by atoms with Crippen LogP contribution in [0.15, 0.2) is 48.8 Å². The van der Waals surface area contributed by atoms with Gasteiger partial charge in [-0.05, 0) is 29.8 Å². The molecule has 4 heteroatoms. The van der Waals surface area contributed by atoms with E-state index in [4.69, 9.17) is 10.5 Å². The molecular formula is C13H12N2O2. The van der Waals surface area contributed by atoms with Gasteiger partial charge in [0, 0.05) is 12.4 Å².